The van der Waals surface area contributed by atoms with E-state index in [-0.39, 0.29) is 24.6 Å². The number of hydrogen-bond acceptors (Lipinski definition) is 0. The first-order chi connectivity index (χ1) is 9.22. The van der Waals surface area contributed by atoms with Crippen molar-refractivity contribution >= 4 is 21.3 Å². The minimum absolute atomic E-state index is 0. The largest absolute Gasteiger partial charge is 1.00 e. The van der Waals surface area contributed by atoms with Gasteiger partial charge in [-0.05, 0) is 0 Å². The van der Waals surface area contributed by atoms with Gasteiger partial charge < -0.3 is 9.41 Å². The van der Waals surface area contributed by atoms with Crippen LogP contribution >= 0.6 is 15.2 Å². The fraction of sp³-hybridized carbons (Fsp3) is 0.250. The first-order valence-corrected chi connectivity index (χ1v) is 14.5. The quantitative estimate of drug-likeness (QED) is 0.336. The van der Waals surface area contributed by atoms with Crippen molar-refractivity contribution in [3.8, 4) is 0 Å². The SMILES string of the molecule is CP1C2=[C](CC=C2)[Hf+2][C]2(C=Cc3ccccc32)P1C.[F-].[F-]. The van der Waals surface area contributed by atoms with Crippen LogP contribution in [0.4, 0.5) is 0 Å². The molecule has 1 aromatic carbocycles. The zero-order valence-corrected chi connectivity index (χ0v) is 17.4. The summed E-state index contributed by atoms with van der Waals surface area (Å²) in [6.07, 6.45) is 11.2. The van der Waals surface area contributed by atoms with Gasteiger partial charge in [-0.1, -0.05) is 0 Å². The first kappa shape index (κ1) is 17.4. The van der Waals surface area contributed by atoms with Gasteiger partial charge in [-0.25, -0.2) is 0 Å². The molecule has 1 aromatic rings. The number of fused-ring (bicyclic) bond motifs is 2. The minimum Gasteiger partial charge on any atom is -1.00 e. The van der Waals surface area contributed by atoms with Crippen LogP contribution in [-0.4, -0.2) is 13.3 Å². The smallest absolute Gasteiger partial charge is 1.00 e. The van der Waals surface area contributed by atoms with E-state index in [2.05, 4.69) is 61.9 Å². The van der Waals surface area contributed by atoms with Crippen LogP contribution in [0.2, 0.25) is 0 Å². The van der Waals surface area contributed by atoms with Gasteiger partial charge in [0.05, 0.1) is 0 Å². The van der Waals surface area contributed by atoms with Crippen LogP contribution in [0.1, 0.15) is 17.5 Å². The van der Waals surface area contributed by atoms with E-state index in [0.29, 0.717) is 2.91 Å². The Labute approximate surface area is 138 Å². The van der Waals surface area contributed by atoms with Crippen LogP contribution in [0.5, 0.6) is 0 Å². The molecule has 3 aliphatic rings. The van der Waals surface area contributed by atoms with Gasteiger partial charge in [0.15, 0.2) is 0 Å². The molecule has 0 nitrogen and oxygen atoms in total. The van der Waals surface area contributed by atoms with E-state index in [1.807, 2.05) is 3.33 Å². The Morgan fingerprint density at radius 1 is 1.10 bits per heavy atom. The summed E-state index contributed by atoms with van der Waals surface area (Å²) in [7, 11) is 0.176. The Morgan fingerprint density at radius 2 is 1.86 bits per heavy atom. The van der Waals surface area contributed by atoms with Gasteiger partial charge in [0.25, 0.3) is 0 Å². The predicted octanol–water partition coefficient (Wildman–Crippen LogP) is -0.720. The standard InChI is InChI=1S/C16H16P2.2FH.Hf/c1-17(14-8-4-5-9-14)18(2)16-12-11-13-7-3-6-10-15(13)16;;;/h3-4,6-8,10-12H,5H2,1-2H3;2*1H;/q;;;+2/p-2. The van der Waals surface area contributed by atoms with Crippen molar-refractivity contribution in [1.82, 2.24) is 0 Å². The van der Waals surface area contributed by atoms with E-state index in [9.17, 15) is 0 Å². The topological polar surface area (TPSA) is 0 Å². The maximum atomic E-state index is 2.62. The van der Waals surface area contributed by atoms with Crippen LogP contribution in [0.15, 0.2) is 51.1 Å². The van der Waals surface area contributed by atoms with Gasteiger partial charge in [0, 0.05) is 0 Å². The second-order valence-corrected chi connectivity index (χ2v) is 19.6. The van der Waals surface area contributed by atoms with E-state index in [0.717, 1.165) is 0 Å². The average Bonchev–Trinajstić information content (AvgIpc) is 3.03. The van der Waals surface area contributed by atoms with Gasteiger partial charge >= 0.3 is 129 Å². The average molecular weight is 487 g/mol. The second-order valence-electron chi connectivity index (χ2n) is 5.33. The van der Waals surface area contributed by atoms with Crippen molar-refractivity contribution in [3.63, 3.8) is 0 Å². The Morgan fingerprint density at radius 3 is 2.67 bits per heavy atom. The molecule has 0 bridgehead atoms. The summed E-state index contributed by atoms with van der Waals surface area (Å²) >= 11 is -0.792. The van der Waals surface area contributed by atoms with Crippen molar-refractivity contribution in [2.75, 3.05) is 13.3 Å². The molecule has 0 fully saturated rings. The predicted molar refractivity (Wildman–Crippen MR) is 83.6 cm³/mol. The normalized spacial score (nSPS) is 31.0. The van der Waals surface area contributed by atoms with Crippen molar-refractivity contribution in [3.05, 3.63) is 62.3 Å². The van der Waals surface area contributed by atoms with Gasteiger partial charge in [-0.2, -0.15) is 0 Å². The molecule has 3 atom stereocenters. The monoisotopic (exact) mass is 488 g/mol. The molecular weight excluding hydrogens is 471 g/mol. The van der Waals surface area contributed by atoms with Gasteiger partial charge in [-0.15, -0.1) is 0 Å². The molecule has 1 aliphatic heterocycles. The van der Waals surface area contributed by atoms with Crippen LogP contribution in [-0.2, 0) is 25.8 Å². The molecule has 0 saturated carbocycles. The third-order valence-electron chi connectivity index (χ3n) is 4.43. The molecule has 1 heterocycles. The molecule has 0 aromatic heterocycles. The maximum Gasteiger partial charge on any atom is -1.00 e. The van der Waals surface area contributed by atoms with Crippen molar-refractivity contribution in [2.45, 2.75) is 9.33 Å². The molecule has 0 radical (unpaired) electrons. The van der Waals surface area contributed by atoms with Crippen LogP contribution < -0.4 is 9.41 Å². The first-order valence-electron chi connectivity index (χ1n) is 6.66. The number of rotatable bonds is 0. The molecule has 0 saturated heterocycles. The Kier molecular flexibility index (Phi) is 5.19. The number of allylic oxidation sites excluding steroid dienone is 5. The van der Waals surface area contributed by atoms with E-state index >= 15 is 0 Å². The summed E-state index contributed by atoms with van der Waals surface area (Å²) in [5.74, 6) is 0. The van der Waals surface area contributed by atoms with Gasteiger partial charge in [0.2, 0.25) is 0 Å². The summed E-state index contributed by atoms with van der Waals surface area (Å²) in [6, 6.07) is 9.16. The van der Waals surface area contributed by atoms with Crippen molar-refractivity contribution in [1.29, 1.82) is 0 Å². The third-order valence-corrected chi connectivity index (χ3v) is 25.2. The van der Waals surface area contributed by atoms with Crippen LogP contribution in [0.25, 0.3) is 6.08 Å². The maximum absolute atomic E-state index is 2.62. The minimum atomic E-state index is -0.792. The van der Waals surface area contributed by atoms with Crippen molar-refractivity contribution < 1.29 is 32.3 Å². The molecule has 4 rings (SSSR count). The van der Waals surface area contributed by atoms with E-state index in [4.69, 9.17) is 0 Å². The summed E-state index contributed by atoms with van der Waals surface area (Å²) in [5, 5.41) is 1.80. The fourth-order valence-electron chi connectivity index (χ4n) is 3.30. The molecule has 3 unspecified atom stereocenters. The summed E-state index contributed by atoms with van der Waals surface area (Å²) in [4.78, 5) is 0. The Hall–Kier alpha value is 0.0301. The molecule has 1 spiro atoms. The zero-order chi connectivity index (χ0) is 13.0. The Bertz CT molecular complexity index is 653. The fourth-order valence-corrected chi connectivity index (χ4v) is 26.7. The molecule has 108 valence electrons. The number of benzene rings is 1. The number of hydrogen-bond donors (Lipinski definition) is 0. The summed E-state index contributed by atoms with van der Waals surface area (Å²) in [6.45, 7) is 5.11. The number of halogens is 2. The second kappa shape index (κ2) is 6.26. The van der Waals surface area contributed by atoms with Crippen LogP contribution in [0.3, 0.4) is 0 Å². The summed E-state index contributed by atoms with van der Waals surface area (Å²) < 4.78 is 2.45. The van der Waals surface area contributed by atoms with E-state index in [1.54, 1.807) is 10.9 Å². The van der Waals surface area contributed by atoms with Gasteiger partial charge in [-0.3, -0.25) is 0 Å². The van der Waals surface area contributed by atoms with E-state index < -0.39 is 22.9 Å². The molecule has 5 heteroatoms. The molecule has 0 amide bonds. The van der Waals surface area contributed by atoms with Crippen molar-refractivity contribution in [2.24, 2.45) is 0 Å². The summed E-state index contributed by atoms with van der Waals surface area (Å²) in [5.41, 5.74) is 3.18. The molecule has 21 heavy (non-hydrogen) atoms. The molecule has 0 N–H and O–H groups in total. The Balaban J connectivity index is 0.000000807. The van der Waals surface area contributed by atoms with E-state index in [1.165, 1.54) is 12.0 Å². The molecule has 2 aliphatic carbocycles. The van der Waals surface area contributed by atoms with Gasteiger partial charge in [0.1, 0.15) is 0 Å². The molecular formula is C16H16F2HfP2. The van der Waals surface area contributed by atoms with Crippen LogP contribution in [0, 0.1) is 0 Å². The zero-order valence-electron chi connectivity index (χ0n) is 12.0. The third kappa shape index (κ3) is 2.41.